The summed E-state index contributed by atoms with van der Waals surface area (Å²) in [5.74, 6) is -1.68. The predicted molar refractivity (Wildman–Crippen MR) is 114 cm³/mol. The quantitative estimate of drug-likeness (QED) is 0.427. The fourth-order valence-electron chi connectivity index (χ4n) is 4.05. The van der Waals surface area contributed by atoms with E-state index in [1.54, 1.807) is 6.92 Å². The van der Waals surface area contributed by atoms with E-state index in [2.05, 4.69) is 12.2 Å². The maximum absolute atomic E-state index is 12.3. The fourth-order valence-corrected chi connectivity index (χ4v) is 4.05. The van der Waals surface area contributed by atoms with Crippen molar-refractivity contribution in [3.05, 3.63) is 16.9 Å². The summed E-state index contributed by atoms with van der Waals surface area (Å²) in [6.45, 7) is 6.23. The number of esters is 2. The number of rotatable bonds is 10. The summed E-state index contributed by atoms with van der Waals surface area (Å²) < 4.78 is 15.6. The molecule has 1 N–H and O–H groups in total. The van der Waals surface area contributed by atoms with E-state index in [0.717, 1.165) is 25.7 Å². The molecule has 1 aromatic rings. The van der Waals surface area contributed by atoms with Gasteiger partial charge >= 0.3 is 11.9 Å². The monoisotopic (exact) mass is 435 g/mol. The lowest BCUT2D eigenvalue weighted by atomic mass is 9.80. The number of Topliss-reactive ketones (excluding diaryl/α,β-unsaturated/α-hetero) is 1. The molecular weight excluding hydrogens is 402 g/mol. The Morgan fingerprint density at radius 3 is 2.29 bits per heavy atom. The van der Waals surface area contributed by atoms with Crippen LogP contribution >= 0.6 is 0 Å². The Morgan fingerprint density at radius 2 is 1.71 bits per heavy atom. The van der Waals surface area contributed by atoms with E-state index >= 15 is 0 Å². The Hall–Kier alpha value is -2.64. The number of carbonyl (C=O) groups excluding carboxylic acids is 4. The second-order valence-electron chi connectivity index (χ2n) is 8.03. The van der Waals surface area contributed by atoms with Crippen molar-refractivity contribution in [2.24, 2.45) is 11.8 Å². The van der Waals surface area contributed by atoms with E-state index in [9.17, 15) is 19.2 Å². The van der Waals surface area contributed by atoms with Gasteiger partial charge in [-0.15, -0.1) is 0 Å². The SMILES string of the molecule is CCCCC1CCC(C(=O)OCC(=O)Nc2oc(C)c(C(C)=O)c2C(=O)OCC)CC1. The molecule has 0 aromatic carbocycles. The van der Waals surface area contributed by atoms with Crippen LogP contribution in [0.25, 0.3) is 0 Å². The normalized spacial score (nSPS) is 18.3. The molecule has 1 fully saturated rings. The van der Waals surface area contributed by atoms with E-state index in [0.29, 0.717) is 5.92 Å². The molecule has 0 saturated heterocycles. The molecule has 0 bridgehead atoms. The van der Waals surface area contributed by atoms with Crippen LogP contribution in [0.3, 0.4) is 0 Å². The zero-order chi connectivity index (χ0) is 23.0. The molecule has 0 unspecified atom stereocenters. The van der Waals surface area contributed by atoms with Gasteiger partial charge in [-0.25, -0.2) is 4.79 Å². The van der Waals surface area contributed by atoms with Gasteiger partial charge in [-0.3, -0.25) is 19.7 Å². The minimum Gasteiger partial charge on any atom is -0.462 e. The summed E-state index contributed by atoms with van der Waals surface area (Å²) >= 11 is 0. The minimum atomic E-state index is -0.767. The summed E-state index contributed by atoms with van der Waals surface area (Å²) in [7, 11) is 0. The zero-order valence-corrected chi connectivity index (χ0v) is 18.9. The number of ketones is 1. The molecule has 1 saturated carbocycles. The Labute approximate surface area is 183 Å². The second-order valence-corrected chi connectivity index (χ2v) is 8.03. The molecule has 31 heavy (non-hydrogen) atoms. The van der Waals surface area contributed by atoms with E-state index in [-0.39, 0.29) is 47.0 Å². The van der Waals surface area contributed by atoms with E-state index < -0.39 is 18.5 Å². The van der Waals surface area contributed by atoms with Gasteiger partial charge in [0.05, 0.1) is 18.1 Å². The van der Waals surface area contributed by atoms with Crippen molar-refractivity contribution in [2.45, 2.75) is 72.6 Å². The highest BCUT2D eigenvalue weighted by atomic mass is 16.5. The third kappa shape index (κ3) is 6.67. The minimum absolute atomic E-state index is 0.0607. The molecule has 1 heterocycles. The number of nitrogens with one attached hydrogen (secondary N) is 1. The maximum Gasteiger partial charge on any atom is 0.344 e. The van der Waals surface area contributed by atoms with Gasteiger partial charge in [-0.2, -0.15) is 0 Å². The largest absolute Gasteiger partial charge is 0.462 e. The van der Waals surface area contributed by atoms with Crippen LogP contribution in [0, 0.1) is 18.8 Å². The standard InChI is InChI=1S/C23H33NO7/c1-5-7-8-16-9-11-17(12-10-16)22(27)30-13-18(26)24-21-20(23(28)29-6-2)19(14(3)25)15(4)31-21/h16-17H,5-13H2,1-4H3,(H,24,26). The first-order valence-electron chi connectivity index (χ1n) is 11.1. The summed E-state index contributed by atoms with van der Waals surface area (Å²) in [5, 5.41) is 2.42. The van der Waals surface area contributed by atoms with Crippen LogP contribution in [0.2, 0.25) is 0 Å². The van der Waals surface area contributed by atoms with E-state index in [1.807, 2.05) is 0 Å². The average molecular weight is 436 g/mol. The first-order valence-corrected chi connectivity index (χ1v) is 11.1. The van der Waals surface area contributed by atoms with Crippen molar-refractivity contribution in [2.75, 3.05) is 18.5 Å². The highest BCUT2D eigenvalue weighted by Crippen LogP contribution is 2.32. The Balaban J connectivity index is 1.93. The summed E-state index contributed by atoms with van der Waals surface area (Å²) in [4.78, 5) is 48.8. The highest BCUT2D eigenvalue weighted by molar-refractivity contribution is 6.10. The fraction of sp³-hybridized carbons (Fsp3) is 0.652. The summed E-state index contributed by atoms with van der Waals surface area (Å²) in [6, 6.07) is 0. The molecule has 0 aliphatic heterocycles. The van der Waals surface area contributed by atoms with Crippen LogP contribution in [0.5, 0.6) is 0 Å². The van der Waals surface area contributed by atoms with Gasteiger partial charge in [0, 0.05) is 0 Å². The molecule has 0 atom stereocenters. The third-order valence-electron chi connectivity index (χ3n) is 5.66. The van der Waals surface area contributed by atoms with Crippen LogP contribution < -0.4 is 5.32 Å². The average Bonchev–Trinajstić information content (AvgIpc) is 3.06. The predicted octanol–water partition coefficient (Wildman–Crippen LogP) is 4.45. The molecular formula is C23H33NO7. The lowest BCUT2D eigenvalue weighted by molar-refractivity contribution is -0.152. The molecule has 1 aliphatic rings. The molecule has 172 valence electrons. The molecule has 8 heteroatoms. The lowest BCUT2D eigenvalue weighted by Gasteiger charge is -2.27. The van der Waals surface area contributed by atoms with Gasteiger partial charge in [0.1, 0.15) is 11.3 Å². The number of amides is 1. The smallest absolute Gasteiger partial charge is 0.344 e. The number of aryl methyl sites for hydroxylation is 1. The molecule has 0 spiro atoms. The molecule has 1 aromatic heterocycles. The number of unbranched alkanes of at least 4 members (excludes halogenated alkanes) is 1. The number of anilines is 1. The first kappa shape index (κ1) is 24.6. The highest BCUT2D eigenvalue weighted by Gasteiger charge is 2.30. The molecule has 2 rings (SSSR count). The molecule has 8 nitrogen and oxygen atoms in total. The van der Waals surface area contributed by atoms with Crippen LogP contribution in [-0.4, -0.2) is 36.8 Å². The van der Waals surface area contributed by atoms with Crippen LogP contribution in [0.1, 0.15) is 92.2 Å². The number of hydrogen-bond acceptors (Lipinski definition) is 7. The van der Waals surface area contributed by atoms with Crippen LogP contribution in [0.15, 0.2) is 4.42 Å². The Morgan fingerprint density at radius 1 is 1.03 bits per heavy atom. The van der Waals surface area contributed by atoms with Crippen molar-refractivity contribution in [1.29, 1.82) is 0 Å². The summed E-state index contributed by atoms with van der Waals surface area (Å²) in [5.41, 5.74) is -0.0671. The van der Waals surface area contributed by atoms with Crippen molar-refractivity contribution in [3.63, 3.8) is 0 Å². The topological polar surface area (TPSA) is 112 Å². The lowest BCUT2D eigenvalue weighted by Crippen LogP contribution is -2.28. The van der Waals surface area contributed by atoms with Crippen LogP contribution in [-0.2, 0) is 19.1 Å². The van der Waals surface area contributed by atoms with Crippen molar-refractivity contribution >= 4 is 29.5 Å². The Kier molecular flexibility index (Phi) is 9.27. The van der Waals surface area contributed by atoms with Gasteiger partial charge < -0.3 is 13.9 Å². The van der Waals surface area contributed by atoms with Crippen molar-refractivity contribution in [1.82, 2.24) is 0 Å². The van der Waals surface area contributed by atoms with Gasteiger partial charge in [0.25, 0.3) is 5.91 Å². The molecule has 1 amide bonds. The number of hydrogen-bond donors (Lipinski definition) is 1. The number of ether oxygens (including phenoxy) is 2. The third-order valence-corrected chi connectivity index (χ3v) is 5.66. The van der Waals surface area contributed by atoms with E-state index in [1.165, 1.54) is 33.1 Å². The van der Waals surface area contributed by atoms with Crippen molar-refractivity contribution < 1.29 is 33.1 Å². The Bertz CT molecular complexity index is 803. The van der Waals surface area contributed by atoms with E-state index in [4.69, 9.17) is 13.9 Å². The number of carbonyl (C=O) groups is 4. The number of furan rings is 1. The van der Waals surface area contributed by atoms with Gasteiger partial charge in [0.15, 0.2) is 12.4 Å². The molecule has 0 radical (unpaired) electrons. The van der Waals surface area contributed by atoms with Gasteiger partial charge in [-0.1, -0.05) is 26.2 Å². The first-order chi connectivity index (χ1) is 14.8. The van der Waals surface area contributed by atoms with Gasteiger partial charge in [-0.05, 0) is 52.4 Å². The summed E-state index contributed by atoms with van der Waals surface area (Å²) in [6.07, 6.45) is 7.17. The van der Waals surface area contributed by atoms with Crippen LogP contribution in [0.4, 0.5) is 5.88 Å². The van der Waals surface area contributed by atoms with Crippen molar-refractivity contribution in [3.8, 4) is 0 Å². The second kappa shape index (κ2) is 11.7. The zero-order valence-electron chi connectivity index (χ0n) is 18.9. The molecule has 1 aliphatic carbocycles. The van der Waals surface area contributed by atoms with Gasteiger partial charge in [0.2, 0.25) is 5.88 Å². The maximum atomic E-state index is 12.3.